The van der Waals surface area contributed by atoms with E-state index in [0.717, 1.165) is 37.4 Å². The zero-order valence-electron chi connectivity index (χ0n) is 13.4. The molecule has 0 aromatic heterocycles. The van der Waals surface area contributed by atoms with Crippen molar-refractivity contribution in [1.29, 1.82) is 0 Å². The van der Waals surface area contributed by atoms with Crippen LogP contribution in [0.4, 0.5) is 11.4 Å². The van der Waals surface area contributed by atoms with Gasteiger partial charge in [0.05, 0.1) is 13.2 Å². The van der Waals surface area contributed by atoms with Crippen LogP contribution in [0.1, 0.15) is 12.0 Å². The van der Waals surface area contributed by atoms with Crippen molar-refractivity contribution < 1.29 is 9.47 Å². The van der Waals surface area contributed by atoms with Gasteiger partial charge in [0.2, 0.25) is 0 Å². The smallest absolute Gasteiger partial charge is 0.119 e. The number of hydrogen-bond donors (Lipinski definition) is 1. The van der Waals surface area contributed by atoms with Gasteiger partial charge in [-0.15, -0.1) is 0 Å². The predicted molar refractivity (Wildman–Crippen MR) is 94.1 cm³/mol. The van der Waals surface area contributed by atoms with E-state index in [1.165, 1.54) is 11.3 Å². The van der Waals surface area contributed by atoms with Gasteiger partial charge in [-0.1, -0.05) is 24.3 Å². The molecule has 0 aliphatic carbocycles. The summed E-state index contributed by atoms with van der Waals surface area (Å²) in [6, 6.07) is 16.0. The second-order valence-corrected chi connectivity index (χ2v) is 5.71. The highest BCUT2D eigenvalue weighted by Gasteiger charge is 2.17. The molecule has 0 atom stereocenters. The van der Waals surface area contributed by atoms with Crippen molar-refractivity contribution in [1.82, 2.24) is 0 Å². The summed E-state index contributed by atoms with van der Waals surface area (Å²) in [6.45, 7) is 3.84. The molecule has 2 aromatic carbocycles. The monoisotopic (exact) mass is 312 g/mol. The summed E-state index contributed by atoms with van der Waals surface area (Å²) in [5.41, 5.74) is 9.53. The summed E-state index contributed by atoms with van der Waals surface area (Å²) in [6.07, 6.45) is 2.22. The fourth-order valence-electron chi connectivity index (χ4n) is 2.97. The summed E-state index contributed by atoms with van der Waals surface area (Å²) < 4.78 is 11.3. The number of benzene rings is 2. The molecule has 0 amide bonds. The Labute approximate surface area is 137 Å². The quantitative estimate of drug-likeness (QED) is 0.630. The van der Waals surface area contributed by atoms with Crippen molar-refractivity contribution in [3.63, 3.8) is 0 Å². The van der Waals surface area contributed by atoms with Crippen molar-refractivity contribution in [3.8, 4) is 5.75 Å². The number of nitrogen functional groups attached to an aromatic ring is 1. The molecule has 0 saturated heterocycles. The van der Waals surface area contributed by atoms with E-state index in [2.05, 4.69) is 11.0 Å². The van der Waals surface area contributed by atoms with Crippen molar-refractivity contribution in [2.75, 3.05) is 43.5 Å². The van der Waals surface area contributed by atoms with E-state index < -0.39 is 0 Å². The van der Waals surface area contributed by atoms with Crippen LogP contribution < -0.4 is 15.4 Å². The molecule has 0 radical (unpaired) electrons. The zero-order chi connectivity index (χ0) is 15.9. The number of fused-ring (bicyclic) bond motifs is 1. The van der Waals surface area contributed by atoms with Crippen molar-refractivity contribution in [2.45, 2.75) is 12.8 Å². The Morgan fingerprint density at radius 3 is 2.70 bits per heavy atom. The van der Waals surface area contributed by atoms with Gasteiger partial charge in [-0.25, -0.2) is 0 Å². The van der Waals surface area contributed by atoms with Gasteiger partial charge in [0.15, 0.2) is 0 Å². The lowest BCUT2D eigenvalue weighted by Crippen LogP contribution is -2.33. The molecule has 2 aromatic rings. The molecule has 3 rings (SSSR count). The van der Waals surface area contributed by atoms with Gasteiger partial charge in [0.1, 0.15) is 12.4 Å². The first-order chi connectivity index (χ1) is 11.3. The van der Waals surface area contributed by atoms with E-state index in [-0.39, 0.29) is 0 Å². The van der Waals surface area contributed by atoms with Crippen LogP contribution in [-0.4, -0.2) is 32.9 Å². The van der Waals surface area contributed by atoms with Crippen LogP contribution in [0.15, 0.2) is 48.5 Å². The maximum atomic E-state index is 6.08. The van der Waals surface area contributed by atoms with E-state index in [0.29, 0.717) is 19.8 Å². The molecule has 4 heteroatoms. The van der Waals surface area contributed by atoms with Gasteiger partial charge < -0.3 is 20.1 Å². The van der Waals surface area contributed by atoms with Crippen LogP contribution >= 0.6 is 0 Å². The van der Waals surface area contributed by atoms with Gasteiger partial charge in [0.25, 0.3) is 0 Å². The molecule has 23 heavy (non-hydrogen) atoms. The summed E-state index contributed by atoms with van der Waals surface area (Å²) in [5, 5.41) is 0. The number of nitrogens with two attached hydrogens (primary N) is 1. The van der Waals surface area contributed by atoms with Crippen LogP contribution in [0.25, 0.3) is 0 Å². The highest BCUT2D eigenvalue weighted by molar-refractivity contribution is 5.66. The normalized spacial score (nSPS) is 13.7. The van der Waals surface area contributed by atoms with Crippen LogP contribution in [0.2, 0.25) is 0 Å². The van der Waals surface area contributed by atoms with Crippen molar-refractivity contribution in [2.24, 2.45) is 0 Å². The van der Waals surface area contributed by atoms with E-state index in [4.69, 9.17) is 15.2 Å². The van der Waals surface area contributed by atoms with Crippen molar-refractivity contribution in [3.05, 3.63) is 54.1 Å². The molecule has 2 N–H and O–H groups in total. The molecule has 0 unspecified atom stereocenters. The third kappa shape index (κ3) is 4.17. The Kier molecular flexibility index (Phi) is 5.37. The first kappa shape index (κ1) is 15.7. The van der Waals surface area contributed by atoms with E-state index in [1.54, 1.807) is 0 Å². The molecule has 0 fully saturated rings. The minimum atomic E-state index is 0.577. The average Bonchev–Trinajstić information content (AvgIpc) is 2.59. The van der Waals surface area contributed by atoms with Crippen LogP contribution in [0.3, 0.4) is 0 Å². The minimum absolute atomic E-state index is 0.577. The lowest BCUT2D eigenvalue weighted by atomic mass is 10.00. The topological polar surface area (TPSA) is 47.7 Å². The second-order valence-electron chi connectivity index (χ2n) is 5.71. The highest BCUT2D eigenvalue weighted by atomic mass is 16.5. The highest BCUT2D eigenvalue weighted by Crippen LogP contribution is 2.30. The Morgan fingerprint density at radius 1 is 0.957 bits per heavy atom. The number of hydrogen-bond acceptors (Lipinski definition) is 4. The number of para-hydroxylation sites is 1. The SMILES string of the molecule is Nc1cccc2c1CCCN2CCOCCOc1ccccc1. The molecule has 0 spiro atoms. The average molecular weight is 312 g/mol. The minimum Gasteiger partial charge on any atom is -0.491 e. The van der Waals surface area contributed by atoms with Gasteiger partial charge in [-0.2, -0.15) is 0 Å². The van der Waals surface area contributed by atoms with E-state index in [1.807, 2.05) is 42.5 Å². The predicted octanol–water partition coefficient (Wildman–Crippen LogP) is 3.12. The van der Waals surface area contributed by atoms with Crippen LogP contribution in [-0.2, 0) is 11.2 Å². The van der Waals surface area contributed by atoms with Crippen LogP contribution in [0, 0.1) is 0 Å². The standard InChI is InChI=1S/C19H24N2O2/c20-18-9-4-10-19-17(18)8-5-11-21(19)12-13-22-14-15-23-16-6-2-1-3-7-16/h1-4,6-7,9-10H,5,8,11-15,20H2. The first-order valence-corrected chi connectivity index (χ1v) is 8.22. The summed E-state index contributed by atoms with van der Waals surface area (Å²) in [7, 11) is 0. The largest absolute Gasteiger partial charge is 0.491 e. The molecular formula is C19H24N2O2. The number of ether oxygens (including phenoxy) is 2. The first-order valence-electron chi connectivity index (χ1n) is 8.22. The fourth-order valence-corrected chi connectivity index (χ4v) is 2.97. The summed E-state index contributed by atoms with van der Waals surface area (Å²) >= 11 is 0. The van der Waals surface area contributed by atoms with Crippen LogP contribution in [0.5, 0.6) is 5.75 Å². The lowest BCUT2D eigenvalue weighted by molar-refractivity contribution is 0.105. The molecule has 1 aliphatic heterocycles. The molecule has 0 bridgehead atoms. The Hall–Kier alpha value is -2.20. The third-order valence-corrected chi connectivity index (χ3v) is 4.13. The number of rotatable bonds is 7. The Balaban J connectivity index is 1.39. The molecule has 1 heterocycles. The molecule has 0 saturated carbocycles. The number of nitrogens with zero attached hydrogens (tertiary/aromatic N) is 1. The molecule has 122 valence electrons. The lowest BCUT2D eigenvalue weighted by Gasteiger charge is -2.31. The second kappa shape index (κ2) is 7.88. The Morgan fingerprint density at radius 2 is 1.83 bits per heavy atom. The molecule has 1 aliphatic rings. The number of anilines is 2. The maximum Gasteiger partial charge on any atom is 0.119 e. The van der Waals surface area contributed by atoms with Gasteiger partial charge >= 0.3 is 0 Å². The maximum absolute atomic E-state index is 6.08. The zero-order valence-corrected chi connectivity index (χ0v) is 13.4. The molecule has 4 nitrogen and oxygen atoms in total. The van der Waals surface area contributed by atoms with Gasteiger partial charge in [-0.05, 0) is 42.7 Å². The Bertz CT molecular complexity index is 616. The molecular weight excluding hydrogens is 288 g/mol. The third-order valence-electron chi connectivity index (χ3n) is 4.13. The fraction of sp³-hybridized carbons (Fsp3) is 0.368. The summed E-state index contributed by atoms with van der Waals surface area (Å²) in [4.78, 5) is 2.37. The van der Waals surface area contributed by atoms with E-state index >= 15 is 0 Å². The van der Waals surface area contributed by atoms with Gasteiger partial charge in [-0.3, -0.25) is 0 Å². The van der Waals surface area contributed by atoms with Gasteiger partial charge in [0, 0.05) is 24.5 Å². The van der Waals surface area contributed by atoms with E-state index in [9.17, 15) is 0 Å². The van der Waals surface area contributed by atoms with Crippen molar-refractivity contribution >= 4 is 11.4 Å². The summed E-state index contributed by atoms with van der Waals surface area (Å²) in [5.74, 6) is 0.886.